The maximum atomic E-state index is 12.0. The minimum atomic E-state index is -3.39. The summed E-state index contributed by atoms with van der Waals surface area (Å²) in [5.74, 6) is 0. The number of nitrogens with zero attached hydrogens (tertiary/aromatic N) is 3. The number of hydrogen-bond donors (Lipinski definition) is 1. The molecule has 0 saturated carbocycles. The van der Waals surface area contributed by atoms with Crippen molar-refractivity contribution < 1.29 is 8.42 Å². The van der Waals surface area contributed by atoms with Gasteiger partial charge in [-0.05, 0) is 31.2 Å². The molecule has 1 heterocycles. The Morgan fingerprint density at radius 2 is 1.81 bits per heavy atom. The van der Waals surface area contributed by atoms with Crippen molar-refractivity contribution in [3.63, 3.8) is 0 Å². The summed E-state index contributed by atoms with van der Waals surface area (Å²) in [6.45, 7) is 1.97. The van der Waals surface area contributed by atoms with Crippen molar-refractivity contribution in [3.05, 3.63) is 48.5 Å². The van der Waals surface area contributed by atoms with Crippen LogP contribution in [-0.4, -0.2) is 36.8 Å². The minimum absolute atomic E-state index is 0.0185. The first-order valence-corrected chi connectivity index (χ1v) is 7.90. The van der Waals surface area contributed by atoms with E-state index in [0.29, 0.717) is 0 Å². The van der Waals surface area contributed by atoms with Crippen molar-refractivity contribution in [2.24, 2.45) is 0 Å². The van der Waals surface area contributed by atoms with Crippen LogP contribution < -0.4 is 5.32 Å². The lowest BCUT2D eigenvalue weighted by molar-refractivity contribution is 0.521. The van der Waals surface area contributed by atoms with E-state index >= 15 is 0 Å². The quantitative estimate of drug-likeness (QED) is 0.913. The zero-order valence-electron chi connectivity index (χ0n) is 12.2. The van der Waals surface area contributed by atoms with Crippen LogP contribution in [0, 0.1) is 0 Å². The summed E-state index contributed by atoms with van der Waals surface area (Å²) >= 11 is 0. The predicted octanol–water partition coefficient (Wildman–Crippen LogP) is 1.90. The number of anilines is 1. The Morgan fingerprint density at radius 1 is 1.14 bits per heavy atom. The Kier molecular flexibility index (Phi) is 4.54. The van der Waals surface area contributed by atoms with E-state index in [-0.39, 0.29) is 10.9 Å². The second-order valence-electron chi connectivity index (χ2n) is 4.81. The van der Waals surface area contributed by atoms with Crippen LogP contribution in [0.1, 0.15) is 18.7 Å². The molecular formula is C14H18N4O2S. The summed E-state index contributed by atoms with van der Waals surface area (Å²) in [7, 11) is -0.368. The van der Waals surface area contributed by atoms with E-state index < -0.39 is 10.0 Å². The first-order chi connectivity index (χ1) is 9.91. The summed E-state index contributed by atoms with van der Waals surface area (Å²) in [5.41, 5.74) is 1.65. The van der Waals surface area contributed by atoms with Crippen LogP contribution >= 0.6 is 0 Å². The maximum absolute atomic E-state index is 12.0. The largest absolute Gasteiger partial charge is 0.377 e. The van der Waals surface area contributed by atoms with Gasteiger partial charge in [0.2, 0.25) is 10.0 Å². The molecule has 2 aromatic rings. The van der Waals surface area contributed by atoms with Crippen molar-refractivity contribution in [2.45, 2.75) is 17.9 Å². The van der Waals surface area contributed by atoms with E-state index in [4.69, 9.17) is 0 Å². The zero-order valence-corrected chi connectivity index (χ0v) is 13.0. The lowest BCUT2D eigenvalue weighted by atomic mass is 10.2. The van der Waals surface area contributed by atoms with Gasteiger partial charge in [0, 0.05) is 32.2 Å². The molecular weight excluding hydrogens is 288 g/mol. The second-order valence-corrected chi connectivity index (χ2v) is 6.96. The fraction of sp³-hybridized carbons (Fsp3) is 0.286. The minimum Gasteiger partial charge on any atom is -0.377 e. The molecule has 1 atom stereocenters. The third-order valence-corrected chi connectivity index (χ3v) is 4.87. The molecule has 0 bridgehead atoms. The molecule has 0 radical (unpaired) electrons. The van der Waals surface area contributed by atoms with E-state index in [0.717, 1.165) is 11.4 Å². The Bertz CT molecular complexity index is 685. The van der Waals surface area contributed by atoms with Gasteiger partial charge in [-0.15, -0.1) is 0 Å². The maximum Gasteiger partial charge on any atom is 0.242 e. The first kappa shape index (κ1) is 15.4. The van der Waals surface area contributed by atoms with Gasteiger partial charge in [-0.3, -0.25) is 9.97 Å². The number of benzene rings is 1. The first-order valence-electron chi connectivity index (χ1n) is 6.46. The Labute approximate surface area is 124 Å². The topological polar surface area (TPSA) is 75.2 Å². The average Bonchev–Trinajstić information content (AvgIpc) is 2.48. The SMILES string of the molecule is CC(Nc1ccc(S(=O)(=O)N(C)C)cc1)c1cnccn1. The van der Waals surface area contributed by atoms with Crippen LogP contribution in [0.5, 0.6) is 0 Å². The molecule has 0 aliphatic heterocycles. The normalized spacial score (nSPS) is 13.1. The Balaban J connectivity index is 2.14. The van der Waals surface area contributed by atoms with Crippen molar-refractivity contribution in [3.8, 4) is 0 Å². The average molecular weight is 306 g/mol. The van der Waals surface area contributed by atoms with Gasteiger partial charge in [-0.25, -0.2) is 12.7 Å². The molecule has 0 spiro atoms. The van der Waals surface area contributed by atoms with Crippen LogP contribution in [0.3, 0.4) is 0 Å². The predicted molar refractivity (Wildman–Crippen MR) is 81.4 cm³/mol. The number of aromatic nitrogens is 2. The van der Waals surface area contributed by atoms with Crippen LogP contribution in [0.2, 0.25) is 0 Å². The molecule has 1 aromatic carbocycles. The molecule has 0 aliphatic rings. The van der Waals surface area contributed by atoms with Crippen LogP contribution in [0.25, 0.3) is 0 Å². The van der Waals surface area contributed by atoms with Crippen molar-refractivity contribution in [1.29, 1.82) is 0 Å². The van der Waals surface area contributed by atoms with E-state index in [1.165, 1.54) is 18.4 Å². The molecule has 2 rings (SSSR count). The van der Waals surface area contributed by atoms with Gasteiger partial charge in [0.05, 0.1) is 22.8 Å². The van der Waals surface area contributed by atoms with E-state index in [9.17, 15) is 8.42 Å². The van der Waals surface area contributed by atoms with E-state index in [1.807, 2.05) is 6.92 Å². The van der Waals surface area contributed by atoms with E-state index in [1.54, 1.807) is 42.9 Å². The molecule has 0 saturated heterocycles. The highest BCUT2D eigenvalue weighted by Gasteiger charge is 2.16. The molecule has 112 valence electrons. The summed E-state index contributed by atoms with van der Waals surface area (Å²) in [4.78, 5) is 8.52. The standard InChI is InChI=1S/C14H18N4O2S/c1-11(14-10-15-8-9-16-14)17-12-4-6-13(7-5-12)21(19,20)18(2)3/h4-11,17H,1-3H3. The van der Waals surface area contributed by atoms with Gasteiger partial charge in [0.15, 0.2) is 0 Å². The number of hydrogen-bond acceptors (Lipinski definition) is 5. The van der Waals surface area contributed by atoms with Crippen LogP contribution in [0.4, 0.5) is 5.69 Å². The Morgan fingerprint density at radius 3 is 2.33 bits per heavy atom. The van der Waals surface area contributed by atoms with Gasteiger partial charge >= 0.3 is 0 Å². The highest BCUT2D eigenvalue weighted by Crippen LogP contribution is 2.20. The van der Waals surface area contributed by atoms with Gasteiger partial charge in [-0.1, -0.05) is 0 Å². The molecule has 1 aromatic heterocycles. The fourth-order valence-corrected chi connectivity index (χ4v) is 2.69. The lowest BCUT2D eigenvalue weighted by Crippen LogP contribution is -2.22. The number of nitrogens with one attached hydrogen (secondary N) is 1. The molecule has 1 N–H and O–H groups in total. The summed E-state index contributed by atoms with van der Waals surface area (Å²) in [5, 5.41) is 3.26. The highest BCUT2D eigenvalue weighted by atomic mass is 32.2. The summed E-state index contributed by atoms with van der Waals surface area (Å²) in [6, 6.07) is 6.63. The summed E-state index contributed by atoms with van der Waals surface area (Å²) < 4.78 is 25.1. The van der Waals surface area contributed by atoms with Gasteiger partial charge < -0.3 is 5.32 Å². The summed E-state index contributed by atoms with van der Waals surface area (Å²) in [6.07, 6.45) is 4.96. The molecule has 0 amide bonds. The van der Waals surface area contributed by atoms with Crippen molar-refractivity contribution >= 4 is 15.7 Å². The van der Waals surface area contributed by atoms with Crippen molar-refractivity contribution in [2.75, 3.05) is 19.4 Å². The molecule has 6 nitrogen and oxygen atoms in total. The highest BCUT2D eigenvalue weighted by molar-refractivity contribution is 7.89. The molecule has 1 unspecified atom stereocenters. The molecule has 0 fully saturated rings. The van der Waals surface area contributed by atoms with Gasteiger partial charge in [0.1, 0.15) is 0 Å². The zero-order chi connectivity index (χ0) is 15.5. The molecule has 0 aliphatic carbocycles. The van der Waals surface area contributed by atoms with Crippen LogP contribution in [-0.2, 0) is 10.0 Å². The third kappa shape index (κ3) is 3.56. The second kappa shape index (κ2) is 6.19. The third-order valence-electron chi connectivity index (χ3n) is 3.04. The molecule has 21 heavy (non-hydrogen) atoms. The number of sulfonamides is 1. The van der Waals surface area contributed by atoms with Gasteiger partial charge in [-0.2, -0.15) is 0 Å². The monoisotopic (exact) mass is 306 g/mol. The molecule has 7 heteroatoms. The number of rotatable bonds is 5. The van der Waals surface area contributed by atoms with Crippen molar-refractivity contribution in [1.82, 2.24) is 14.3 Å². The fourth-order valence-electron chi connectivity index (χ4n) is 1.79. The smallest absolute Gasteiger partial charge is 0.242 e. The lowest BCUT2D eigenvalue weighted by Gasteiger charge is -2.15. The van der Waals surface area contributed by atoms with Gasteiger partial charge in [0.25, 0.3) is 0 Å². The van der Waals surface area contributed by atoms with Crippen LogP contribution in [0.15, 0.2) is 47.8 Å². The van der Waals surface area contributed by atoms with E-state index in [2.05, 4.69) is 15.3 Å². The Hall–Kier alpha value is -1.99.